The molecule has 9 nitrogen and oxygen atoms in total. The highest BCUT2D eigenvalue weighted by Crippen LogP contribution is 2.30. The van der Waals surface area contributed by atoms with Crippen LogP contribution in [-0.4, -0.2) is 69.1 Å². The summed E-state index contributed by atoms with van der Waals surface area (Å²) in [5.74, 6) is 5.52. The first-order valence-electron chi connectivity index (χ1n) is 14.5. The van der Waals surface area contributed by atoms with Gasteiger partial charge in [-0.3, -0.25) is 19.7 Å². The number of hydrogen-bond acceptors (Lipinski definition) is 6. The van der Waals surface area contributed by atoms with E-state index in [0.717, 1.165) is 43.2 Å². The molecule has 3 aliphatic rings. The largest absolute Gasteiger partial charge is 0.444 e. The Morgan fingerprint density at radius 3 is 2.55 bits per heavy atom. The van der Waals surface area contributed by atoms with Crippen LogP contribution < -0.4 is 5.32 Å². The maximum Gasteiger partial charge on any atom is 0.410 e. The van der Waals surface area contributed by atoms with Crippen LogP contribution in [0.4, 0.5) is 4.79 Å². The van der Waals surface area contributed by atoms with Gasteiger partial charge in [0, 0.05) is 43.1 Å². The highest BCUT2D eigenvalue weighted by atomic mass is 16.6. The number of aliphatic hydroxyl groups is 1. The molecule has 2 aliphatic heterocycles. The third-order valence-electron chi connectivity index (χ3n) is 7.74. The normalized spacial score (nSPS) is 22.8. The van der Waals surface area contributed by atoms with Crippen molar-refractivity contribution in [2.45, 2.75) is 115 Å². The molecule has 1 saturated heterocycles. The van der Waals surface area contributed by atoms with Crippen molar-refractivity contribution >= 4 is 23.8 Å². The fraction of sp³-hybridized carbons (Fsp3) is 0.613. The quantitative estimate of drug-likeness (QED) is 0.302. The predicted octanol–water partition coefficient (Wildman–Crippen LogP) is 3.90. The molecular weight excluding hydrogens is 510 g/mol. The number of aliphatic hydroxyl groups excluding tert-OH is 1. The van der Waals surface area contributed by atoms with Crippen molar-refractivity contribution in [3.05, 3.63) is 34.9 Å². The van der Waals surface area contributed by atoms with Gasteiger partial charge in [0.05, 0.1) is 6.10 Å². The number of carbonyl (C=O) groups excluding carboxylic acids is 4. The highest BCUT2D eigenvalue weighted by molar-refractivity contribution is 6.05. The van der Waals surface area contributed by atoms with Gasteiger partial charge in [0.1, 0.15) is 11.6 Å². The summed E-state index contributed by atoms with van der Waals surface area (Å²) in [5, 5.41) is 12.2. The van der Waals surface area contributed by atoms with Gasteiger partial charge in [-0.2, -0.15) is 0 Å². The molecule has 1 aliphatic carbocycles. The summed E-state index contributed by atoms with van der Waals surface area (Å²) in [5.41, 5.74) is 1.63. The number of imide groups is 1. The lowest BCUT2D eigenvalue weighted by Gasteiger charge is -2.36. The van der Waals surface area contributed by atoms with Gasteiger partial charge in [-0.05, 0) is 83.4 Å². The van der Waals surface area contributed by atoms with Crippen LogP contribution in [0.15, 0.2) is 18.2 Å². The molecule has 1 unspecified atom stereocenters. The number of rotatable bonds is 7. The molecule has 216 valence electrons. The number of fused-ring (bicyclic) bond motifs is 1. The Labute approximate surface area is 236 Å². The number of nitrogens with one attached hydrogen (secondary N) is 1. The highest BCUT2D eigenvalue weighted by Gasteiger charge is 2.39. The average molecular weight is 552 g/mol. The number of piperidine rings is 1. The number of benzene rings is 1. The van der Waals surface area contributed by atoms with E-state index in [1.165, 1.54) is 0 Å². The Bertz CT molecular complexity index is 1190. The van der Waals surface area contributed by atoms with Crippen molar-refractivity contribution in [3.8, 4) is 11.8 Å². The minimum atomic E-state index is -0.641. The smallest absolute Gasteiger partial charge is 0.410 e. The Balaban J connectivity index is 1.28. The molecule has 0 spiro atoms. The van der Waals surface area contributed by atoms with E-state index in [2.05, 4.69) is 17.2 Å². The van der Waals surface area contributed by atoms with Crippen LogP contribution in [0.2, 0.25) is 0 Å². The summed E-state index contributed by atoms with van der Waals surface area (Å²) in [6, 6.07) is 4.92. The van der Waals surface area contributed by atoms with E-state index in [1.807, 2.05) is 37.8 Å². The second kappa shape index (κ2) is 12.9. The Morgan fingerprint density at radius 1 is 1.10 bits per heavy atom. The molecule has 4 amide bonds. The zero-order valence-corrected chi connectivity index (χ0v) is 23.8. The van der Waals surface area contributed by atoms with Gasteiger partial charge in [0.25, 0.3) is 5.91 Å². The molecule has 0 aromatic heterocycles. The van der Waals surface area contributed by atoms with Gasteiger partial charge in [0.2, 0.25) is 11.8 Å². The lowest BCUT2D eigenvalue weighted by molar-refractivity contribution is -0.136. The molecular formula is C31H41N3O6. The second-order valence-electron chi connectivity index (χ2n) is 12.0. The van der Waals surface area contributed by atoms with Crippen molar-refractivity contribution in [2.24, 2.45) is 0 Å². The maximum absolute atomic E-state index is 13.0. The summed E-state index contributed by atoms with van der Waals surface area (Å²) < 4.78 is 5.66. The summed E-state index contributed by atoms with van der Waals surface area (Å²) >= 11 is 0. The molecule has 40 heavy (non-hydrogen) atoms. The number of hydrogen-bond donors (Lipinski definition) is 2. The lowest BCUT2D eigenvalue weighted by Crippen LogP contribution is -2.52. The van der Waals surface area contributed by atoms with Crippen molar-refractivity contribution < 1.29 is 29.0 Å². The van der Waals surface area contributed by atoms with E-state index >= 15 is 0 Å². The molecule has 1 atom stereocenters. The summed E-state index contributed by atoms with van der Waals surface area (Å²) in [4.78, 5) is 53.1. The molecule has 9 heteroatoms. The van der Waals surface area contributed by atoms with Gasteiger partial charge in [-0.15, -0.1) is 0 Å². The Kier molecular flexibility index (Phi) is 9.52. The van der Waals surface area contributed by atoms with Gasteiger partial charge in [0.15, 0.2) is 0 Å². The van der Waals surface area contributed by atoms with E-state index in [9.17, 15) is 24.3 Å². The van der Waals surface area contributed by atoms with Gasteiger partial charge >= 0.3 is 6.09 Å². The van der Waals surface area contributed by atoms with E-state index in [1.54, 1.807) is 11.0 Å². The first-order valence-corrected chi connectivity index (χ1v) is 14.5. The average Bonchev–Trinajstić information content (AvgIpc) is 3.22. The van der Waals surface area contributed by atoms with Crippen molar-refractivity contribution in [1.82, 2.24) is 15.1 Å². The van der Waals surface area contributed by atoms with Gasteiger partial charge in [-0.25, -0.2) is 4.79 Å². The molecule has 2 fully saturated rings. The third kappa shape index (κ3) is 7.42. The van der Waals surface area contributed by atoms with Crippen LogP contribution in [0.3, 0.4) is 0 Å². The van der Waals surface area contributed by atoms with Crippen molar-refractivity contribution in [2.75, 3.05) is 6.54 Å². The van der Waals surface area contributed by atoms with Crippen LogP contribution >= 0.6 is 0 Å². The zero-order valence-electron chi connectivity index (χ0n) is 23.8. The molecule has 1 saturated carbocycles. The van der Waals surface area contributed by atoms with Crippen LogP contribution in [0.5, 0.6) is 0 Å². The Hall–Kier alpha value is -3.38. The monoisotopic (exact) mass is 551 g/mol. The Morgan fingerprint density at radius 2 is 1.85 bits per heavy atom. The van der Waals surface area contributed by atoms with Gasteiger partial charge < -0.3 is 19.6 Å². The fourth-order valence-electron chi connectivity index (χ4n) is 5.65. The van der Waals surface area contributed by atoms with Crippen LogP contribution in [0.25, 0.3) is 0 Å². The summed E-state index contributed by atoms with van der Waals surface area (Å²) in [6.07, 6.45) is 6.32. The van der Waals surface area contributed by atoms with Crippen LogP contribution in [-0.2, 0) is 20.9 Å². The molecule has 0 bridgehead atoms. The van der Waals surface area contributed by atoms with E-state index in [-0.39, 0.29) is 36.5 Å². The number of ether oxygens (including phenoxy) is 1. The first-order chi connectivity index (χ1) is 19.0. The molecule has 4 rings (SSSR count). The number of amides is 4. The van der Waals surface area contributed by atoms with Crippen molar-refractivity contribution in [1.29, 1.82) is 0 Å². The minimum absolute atomic E-state index is 0.0978. The zero-order chi connectivity index (χ0) is 28.9. The fourth-order valence-corrected chi connectivity index (χ4v) is 5.65. The lowest BCUT2D eigenvalue weighted by atomic mass is 9.92. The second-order valence-corrected chi connectivity index (χ2v) is 12.0. The standard InChI is InChI=1S/C31H41N3O6/c1-31(2,3)40-30(39)33(22-13-15-23(35)16-14-22)19-8-6-4-5-7-10-21-11-9-12-24-25(21)20-34(29(24)38)26-17-18-27(36)32-28(26)37/h9,11-12,22-23,26,35H,4-6,8,13-20H2,1-3H3,(H,32,36,37). The molecule has 1 aromatic rings. The topological polar surface area (TPSA) is 116 Å². The summed E-state index contributed by atoms with van der Waals surface area (Å²) in [7, 11) is 0. The number of nitrogens with zero attached hydrogens (tertiary/aromatic N) is 2. The SMILES string of the molecule is CC(C)(C)OC(=O)N(CCCCCC#Cc1cccc2c1CN(C1CCC(=O)NC1=O)C2=O)C1CCC(O)CC1. The number of carbonyl (C=O) groups is 4. The summed E-state index contributed by atoms with van der Waals surface area (Å²) in [6.45, 7) is 6.54. The molecule has 0 radical (unpaired) electrons. The minimum Gasteiger partial charge on any atom is -0.444 e. The van der Waals surface area contributed by atoms with Crippen LogP contribution in [0.1, 0.15) is 106 Å². The molecule has 1 aromatic carbocycles. The van der Waals surface area contributed by atoms with Crippen molar-refractivity contribution in [3.63, 3.8) is 0 Å². The third-order valence-corrected chi connectivity index (χ3v) is 7.74. The maximum atomic E-state index is 13.0. The van der Waals surface area contributed by atoms with Gasteiger partial charge in [-0.1, -0.05) is 24.3 Å². The number of unbranched alkanes of at least 4 members (excludes halogenated alkanes) is 3. The van der Waals surface area contributed by atoms with E-state index in [0.29, 0.717) is 44.3 Å². The predicted molar refractivity (Wildman–Crippen MR) is 149 cm³/mol. The van der Waals surface area contributed by atoms with E-state index < -0.39 is 17.6 Å². The first kappa shape index (κ1) is 29.6. The molecule has 2 N–H and O–H groups in total. The van der Waals surface area contributed by atoms with E-state index in [4.69, 9.17) is 4.74 Å². The molecule has 2 heterocycles. The van der Waals surface area contributed by atoms with Crippen LogP contribution in [0, 0.1) is 11.8 Å².